The molecule has 1 heterocycles. The molecule has 2 rings (SSSR count). The maximum absolute atomic E-state index is 11.9. The van der Waals surface area contributed by atoms with E-state index in [2.05, 4.69) is 10.3 Å². The summed E-state index contributed by atoms with van der Waals surface area (Å²) in [5.41, 5.74) is 6.62. The van der Waals surface area contributed by atoms with Crippen molar-refractivity contribution in [2.75, 3.05) is 25.0 Å². The van der Waals surface area contributed by atoms with Gasteiger partial charge in [-0.3, -0.25) is 4.79 Å². The second-order valence-electron chi connectivity index (χ2n) is 4.63. The first-order valence-electron chi connectivity index (χ1n) is 6.65. The normalized spacial score (nSPS) is 15.4. The Morgan fingerprint density at radius 1 is 1.20 bits per heavy atom. The Hall–Kier alpha value is -1.31. The van der Waals surface area contributed by atoms with Crippen molar-refractivity contribution >= 4 is 41.5 Å². The predicted molar refractivity (Wildman–Crippen MR) is 92.4 cm³/mol. The van der Waals surface area contributed by atoms with Gasteiger partial charge in [0.2, 0.25) is 5.91 Å². The second kappa shape index (κ2) is 8.78. The average molecular weight is 388 g/mol. The Morgan fingerprint density at radius 2 is 1.85 bits per heavy atom. The zero-order valence-electron chi connectivity index (χ0n) is 11.4. The fourth-order valence-corrected chi connectivity index (χ4v) is 2.11. The zero-order chi connectivity index (χ0) is 13.5. The lowest BCUT2D eigenvalue weighted by Gasteiger charge is -2.26. The van der Waals surface area contributed by atoms with Crippen LogP contribution in [-0.2, 0) is 4.79 Å². The summed E-state index contributed by atoms with van der Waals surface area (Å²) in [6, 6.07) is 9.55. The first-order chi connectivity index (χ1) is 9.25. The average Bonchev–Trinajstić information content (AvgIpc) is 2.47. The van der Waals surface area contributed by atoms with Gasteiger partial charge >= 0.3 is 0 Å². The number of nitrogens with two attached hydrogens (primary N) is 1. The number of benzene rings is 1. The first-order valence-corrected chi connectivity index (χ1v) is 6.65. The molecule has 1 amide bonds. The fourth-order valence-electron chi connectivity index (χ4n) is 2.11. The van der Waals surface area contributed by atoms with Gasteiger partial charge in [-0.25, -0.2) is 4.99 Å². The van der Waals surface area contributed by atoms with E-state index < -0.39 is 0 Å². The molecule has 0 spiro atoms. The van der Waals surface area contributed by atoms with Crippen molar-refractivity contribution in [3.63, 3.8) is 0 Å². The van der Waals surface area contributed by atoms with Crippen LogP contribution in [0.4, 0.5) is 5.69 Å². The molecule has 0 bridgehead atoms. The van der Waals surface area contributed by atoms with Gasteiger partial charge < -0.3 is 16.0 Å². The molecule has 0 radical (unpaired) electrons. The quantitative estimate of drug-likeness (QED) is 0.473. The summed E-state index contributed by atoms with van der Waals surface area (Å²) in [7, 11) is 0. The SMILES string of the molecule is I.NC(=NCC(=O)N1CCCCC1)Nc1ccccc1. The molecule has 1 aromatic carbocycles. The van der Waals surface area contributed by atoms with Crippen molar-refractivity contribution in [2.45, 2.75) is 19.3 Å². The lowest BCUT2D eigenvalue weighted by Crippen LogP contribution is -2.37. The van der Waals surface area contributed by atoms with Crippen LogP contribution in [0.2, 0.25) is 0 Å². The molecule has 1 aliphatic heterocycles. The molecule has 110 valence electrons. The highest BCUT2D eigenvalue weighted by atomic mass is 127. The highest BCUT2D eigenvalue weighted by molar-refractivity contribution is 14.0. The lowest BCUT2D eigenvalue weighted by molar-refractivity contribution is -0.130. The molecule has 0 aliphatic carbocycles. The number of guanidine groups is 1. The summed E-state index contributed by atoms with van der Waals surface area (Å²) in [4.78, 5) is 17.8. The maximum Gasteiger partial charge on any atom is 0.244 e. The number of aliphatic imine (C=N–C) groups is 1. The zero-order valence-corrected chi connectivity index (χ0v) is 13.7. The molecule has 1 aliphatic rings. The third-order valence-electron chi connectivity index (χ3n) is 3.14. The third kappa shape index (κ3) is 5.36. The number of nitrogens with zero attached hydrogens (tertiary/aromatic N) is 2. The molecule has 3 N–H and O–H groups in total. The van der Waals surface area contributed by atoms with Crippen LogP contribution >= 0.6 is 24.0 Å². The van der Waals surface area contributed by atoms with Crippen LogP contribution in [0.3, 0.4) is 0 Å². The summed E-state index contributed by atoms with van der Waals surface area (Å²) in [6.07, 6.45) is 3.39. The van der Waals surface area contributed by atoms with Gasteiger partial charge in [0, 0.05) is 18.8 Å². The number of hydrogen-bond acceptors (Lipinski definition) is 2. The monoisotopic (exact) mass is 388 g/mol. The summed E-state index contributed by atoms with van der Waals surface area (Å²) in [6.45, 7) is 1.81. The van der Waals surface area contributed by atoms with Crippen LogP contribution in [0.15, 0.2) is 35.3 Å². The molecule has 0 aromatic heterocycles. The Morgan fingerprint density at radius 3 is 2.50 bits per heavy atom. The van der Waals surface area contributed by atoms with Gasteiger partial charge in [-0.2, -0.15) is 0 Å². The van der Waals surface area contributed by atoms with Gasteiger partial charge in [-0.1, -0.05) is 18.2 Å². The van der Waals surface area contributed by atoms with Crippen molar-refractivity contribution < 1.29 is 4.79 Å². The summed E-state index contributed by atoms with van der Waals surface area (Å²) in [5.74, 6) is 0.328. The number of hydrogen-bond donors (Lipinski definition) is 2. The molecule has 6 heteroatoms. The van der Waals surface area contributed by atoms with E-state index in [0.29, 0.717) is 0 Å². The Balaban J connectivity index is 0.00000200. The van der Waals surface area contributed by atoms with E-state index in [0.717, 1.165) is 31.6 Å². The van der Waals surface area contributed by atoms with E-state index >= 15 is 0 Å². The molecule has 1 saturated heterocycles. The van der Waals surface area contributed by atoms with Crippen LogP contribution in [0.25, 0.3) is 0 Å². The highest BCUT2D eigenvalue weighted by Crippen LogP contribution is 2.08. The van der Waals surface area contributed by atoms with E-state index in [1.165, 1.54) is 6.42 Å². The fraction of sp³-hybridized carbons (Fsp3) is 0.429. The Bertz CT molecular complexity index is 444. The first kappa shape index (κ1) is 16.7. The predicted octanol–water partition coefficient (Wildman–Crippen LogP) is 2.04. The minimum absolute atomic E-state index is 0. The van der Waals surface area contributed by atoms with Crippen LogP contribution < -0.4 is 11.1 Å². The number of halogens is 1. The van der Waals surface area contributed by atoms with Crippen molar-refractivity contribution in [1.82, 2.24) is 4.90 Å². The number of rotatable bonds is 3. The Kier molecular flexibility index (Phi) is 7.35. The van der Waals surface area contributed by atoms with Crippen molar-refractivity contribution in [3.8, 4) is 0 Å². The molecular weight excluding hydrogens is 367 g/mol. The maximum atomic E-state index is 11.9. The van der Waals surface area contributed by atoms with Crippen molar-refractivity contribution in [1.29, 1.82) is 0 Å². The number of piperidine rings is 1. The smallest absolute Gasteiger partial charge is 0.244 e. The number of nitrogens with one attached hydrogen (secondary N) is 1. The number of carbonyl (C=O) groups is 1. The minimum atomic E-state index is 0. The molecule has 0 unspecified atom stereocenters. The van der Waals surface area contributed by atoms with Crippen LogP contribution in [0, 0.1) is 0 Å². The van der Waals surface area contributed by atoms with Gasteiger partial charge in [0.15, 0.2) is 5.96 Å². The standard InChI is InChI=1S/C14H20N4O.HI/c15-14(17-12-7-3-1-4-8-12)16-11-13(19)18-9-5-2-6-10-18;/h1,3-4,7-8H,2,5-6,9-11H2,(H3,15,16,17);1H. The van der Waals surface area contributed by atoms with Crippen molar-refractivity contribution in [2.24, 2.45) is 10.7 Å². The molecule has 20 heavy (non-hydrogen) atoms. The van der Waals surface area contributed by atoms with Crippen LogP contribution in [0.1, 0.15) is 19.3 Å². The second-order valence-corrected chi connectivity index (χ2v) is 4.63. The molecule has 0 atom stereocenters. The van der Waals surface area contributed by atoms with E-state index in [1.807, 2.05) is 35.2 Å². The summed E-state index contributed by atoms with van der Waals surface area (Å²) >= 11 is 0. The van der Waals surface area contributed by atoms with Gasteiger partial charge in [0.05, 0.1) is 0 Å². The molecule has 1 fully saturated rings. The van der Waals surface area contributed by atoms with Crippen LogP contribution in [0.5, 0.6) is 0 Å². The number of carbonyl (C=O) groups excluding carboxylic acids is 1. The van der Waals surface area contributed by atoms with E-state index in [-0.39, 0.29) is 42.4 Å². The van der Waals surface area contributed by atoms with Gasteiger partial charge in [-0.15, -0.1) is 24.0 Å². The molecule has 5 nitrogen and oxygen atoms in total. The number of para-hydroxylation sites is 1. The summed E-state index contributed by atoms with van der Waals surface area (Å²) in [5, 5.41) is 2.96. The van der Waals surface area contributed by atoms with E-state index in [4.69, 9.17) is 5.73 Å². The molecular formula is C14H21IN4O. The third-order valence-corrected chi connectivity index (χ3v) is 3.14. The van der Waals surface area contributed by atoms with E-state index in [1.54, 1.807) is 0 Å². The van der Waals surface area contributed by atoms with E-state index in [9.17, 15) is 4.79 Å². The van der Waals surface area contributed by atoms with Gasteiger partial charge in [-0.05, 0) is 31.4 Å². The van der Waals surface area contributed by atoms with Crippen LogP contribution in [-0.4, -0.2) is 36.4 Å². The lowest BCUT2D eigenvalue weighted by atomic mass is 10.1. The largest absolute Gasteiger partial charge is 0.370 e. The summed E-state index contributed by atoms with van der Waals surface area (Å²) < 4.78 is 0. The highest BCUT2D eigenvalue weighted by Gasteiger charge is 2.15. The Labute approximate surface area is 136 Å². The van der Waals surface area contributed by atoms with Gasteiger partial charge in [0.1, 0.15) is 6.54 Å². The number of amides is 1. The number of likely N-dealkylation sites (tertiary alicyclic amines) is 1. The topological polar surface area (TPSA) is 70.7 Å². The molecule has 0 saturated carbocycles. The number of anilines is 1. The minimum Gasteiger partial charge on any atom is -0.370 e. The van der Waals surface area contributed by atoms with Gasteiger partial charge in [0.25, 0.3) is 0 Å². The van der Waals surface area contributed by atoms with Crippen molar-refractivity contribution in [3.05, 3.63) is 30.3 Å². The molecule has 1 aromatic rings.